The molecule has 1 aliphatic heterocycles. The van der Waals surface area contributed by atoms with Gasteiger partial charge in [-0.25, -0.2) is 0 Å². The lowest BCUT2D eigenvalue weighted by molar-refractivity contribution is -0.384. The summed E-state index contributed by atoms with van der Waals surface area (Å²) in [5.41, 5.74) is 0.980. The van der Waals surface area contributed by atoms with Gasteiger partial charge in [-0.1, -0.05) is 36.4 Å². The van der Waals surface area contributed by atoms with Crippen molar-refractivity contribution in [2.45, 2.75) is 6.04 Å². The Labute approximate surface area is 183 Å². The van der Waals surface area contributed by atoms with E-state index in [1.54, 1.807) is 54.6 Å². The molecule has 1 N–H and O–H groups in total. The Hall–Kier alpha value is -4.46. The summed E-state index contributed by atoms with van der Waals surface area (Å²) >= 11 is 0. The van der Waals surface area contributed by atoms with E-state index in [0.717, 1.165) is 0 Å². The molecule has 0 aromatic heterocycles. The van der Waals surface area contributed by atoms with Crippen LogP contribution in [0.2, 0.25) is 0 Å². The molecule has 0 unspecified atom stereocenters. The molecule has 8 nitrogen and oxygen atoms in total. The van der Waals surface area contributed by atoms with E-state index in [-0.39, 0.29) is 17.0 Å². The fourth-order valence-corrected chi connectivity index (χ4v) is 3.70. The summed E-state index contributed by atoms with van der Waals surface area (Å²) in [5, 5.41) is 22.1. The summed E-state index contributed by atoms with van der Waals surface area (Å²) in [7, 11) is 1.48. The Morgan fingerprint density at radius 1 is 1.00 bits per heavy atom. The minimum absolute atomic E-state index is 0.0992. The van der Waals surface area contributed by atoms with Gasteiger partial charge in [0.05, 0.1) is 23.6 Å². The second-order valence-electron chi connectivity index (χ2n) is 7.09. The molecule has 1 aliphatic rings. The van der Waals surface area contributed by atoms with Crippen molar-refractivity contribution in [1.82, 2.24) is 0 Å². The highest BCUT2D eigenvalue weighted by Crippen LogP contribution is 2.43. The van der Waals surface area contributed by atoms with E-state index >= 15 is 0 Å². The van der Waals surface area contributed by atoms with Crippen LogP contribution in [0, 0.1) is 10.1 Å². The first-order valence-corrected chi connectivity index (χ1v) is 9.67. The number of hydrogen-bond donors (Lipinski definition) is 1. The summed E-state index contributed by atoms with van der Waals surface area (Å²) in [6.45, 7) is 0. The minimum atomic E-state index is -0.983. The number of benzene rings is 3. The van der Waals surface area contributed by atoms with Crippen molar-refractivity contribution in [3.8, 4) is 5.75 Å². The van der Waals surface area contributed by atoms with Gasteiger partial charge >= 0.3 is 0 Å². The molecule has 8 heteroatoms. The van der Waals surface area contributed by atoms with E-state index in [0.29, 0.717) is 22.6 Å². The number of nitro groups is 1. The topological polar surface area (TPSA) is 110 Å². The largest absolute Gasteiger partial charge is 0.507 e. The maximum atomic E-state index is 13.1. The average molecular weight is 430 g/mol. The van der Waals surface area contributed by atoms with Gasteiger partial charge in [0.1, 0.15) is 11.5 Å². The number of Topliss-reactive ketones (excluding diaryl/α,β-unsaturated/α-hetero) is 1. The zero-order valence-electron chi connectivity index (χ0n) is 17.0. The number of ether oxygens (including phenoxy) is 1. The van der Waals surface area contributed by atoms with Gasteiger partial charge in [-0.3, -0.25) is 24.6 Å². The first-order chi connectivity index (χ1) is 15.4. The van der Waals surface area contributed by atoms with Crippen LogP contribution in [0.4, 0.5) is 11.4 Å². The van der Waals surface area contributed by atoms with Crippen molar-refractivity contribution < 1.29 is 24.4 Å². The summed E-state index contributed by atoms with van der Waals surface area (Å²) in [6, 6.07) is 19.6. The van der Waals surface area contributed by atoms with E-state index < -0.39 is 22.7 Å². The van der Waals surface area contributed by atoms with Crippen LogP contribution in [0.1, 0.15) is 17.2 Å². The van der Waals surface area contributed by atoms with Gasteiger partial charge in [0, 0.05) is 29.4 Å². The summed E-state index contributed by atoms with van der Waals surface area (Å²) in [4.78, 5) is 38.0. The molecule has 1 atom stereocenters. The summed E-state index contributed by atoms with van der Waals surface area (Å²) in [6.07, 6.45) is 0. The predicted molar refractivity (Wildman–Crippen MR) is 117 cm³/mol. The first kappa shape index (κ1) is 20.8. The third-order valence-corrected chi connectivity index (χ3v) is 5.24. The third kappa shape index (κ3) is 3.58. The van der Waals surface area contributed by atoms with Gasteiger partial charge in [-0.15, -0.1) is 0 Å². The second kappa shape index (κ2) is 8.35. The minimum Gasteiger partial charge on any atom is -0.507 e. The number of hydrogen-bond acceptors (Lipinski definition) is 6. The fraction of sp³-hybridized carbons (Fsp3) is 0.0833. The number of aliphatic hydroxyl groups excluding tert-OH is 1. The fourth-order valence-electron chi connectivity index (χ4n) is 3.70. The first-order valence-electron chi connectivity index (χ1n) is 9.67. The molecule has 1 heterocycles. The quantitative estimate of drug-likeness (QED) is 0.213. The lowest BCUT2D eigenvalue weighted by Gasteiger charge is -2.25. The normalized spacial score (nSPS) is 17.4. The number of methoxy groups -OCH3 is 1. The van der Waals surface area contributed by atoms with Crippen molar-refractivity contribution in [2.75, 3.05) is 12.0 Å². The van der Waals surface area contributed by atoms with Gasteiger partial charge in [0.2, 0.25) is 0 Å². The molecule has 1 fully saturated rings. The molecule has 4 rings (SSSR count). The Balaban J connectivity index is 1.93. The molecule has 32 heavy (non-hydrogen) atoms. The molecule has 0 saturated carbocycles. The van der Waals surface area contributed by atoms with E-state index in [2.05, 4.69) is 0 Å². The highest BCUT2D eigenvalue weighted by Gasteiger charge is 2.47. The Morgan fingerprint density at radius 3 is 2.31 bits per heavy atom. The number of rotatable bonds is 5. The number of nitro benzene ring substituents is 1. The number of amides is 1. The highest BCUT2D eigenvalue weighted by molar-refractivity contribution is 6.51. The Kier molecular flexibility index (Phi) is 5.43. The van der Waals surface area contributed by atoms with Crippen LogP contribution in [-0.2, 0) is 9.59 Å². The van der Waals surface area contributed by atoms with Crippen molar-refractivity contribution in [1.29, 1.82) is 0 Å². The maximum Gasteiger partial charge on any atom is 0.300 e. The second-order valence-corrected chi connectivity index (χ2v) is 7.09. The van der Waals surface area contributed by atoms with Gasteiger partial charge < -0.3 is 9.84 Å². The van der Waals surface area contributed by atoms with Crippen LogP contribution in [0.15, 0.2) is 84.4 Å². The van der Waals surface area contributed by atoms with Crippen LogP contribution in [0.5, 0.6) is 5.75 Å². The van der Waals surface area contributed by atoms with Crippen molar-refractivity contribution >= 4 is 28.8 Å². The van der Waals surface area contributed by atoms with Gasteiger partial charge in [-0.2, -0.15) is 0 Å². The van der Waals surface area contributed by atoms with Gasteiger partial charge in [0.15, 0.2) is 0 Å². The lowest BCUT2D eigenvalue weighted by Crippen LogP contribution is -2.29. The number of carbonyl (C=O) groups excluding carboxylic acids is 2. The van der Waals surface area contributed by atoms with E-state index in [9.17, 15) is 24.8 Å². The molecule has 160 valence electrons. The number of carbonyl (C=O) groups is 2. The number of ketones is 1. The molecule has 0 radical (unpaired) electrons. The van der Waals surface area contributed by atoms with Crippen LogP contribution in [-0.4, -0.2) is 28.8 Å². The number of nitrogens with zero attached hydrogens (tertiary/aromatic N) is 2. The monoisotopic (exact) mass is 430 g/mol. The van der Waals surface area contributed by atoms with Crippen molar-refractivity contribution in [3.63, 3.8) is 0 Å². The average Bonchev–Trinajstić information content (AvgIpc) is 3.09. The molecule has 1 amide bonds. The number of non-ortho nitro benzene ring substituents is 1. The Bertz CT molecular complexity index is 1230. The summed E-state index contributed by atoms with van der Waals surface area (Å²) in [5.74, 6) is -1.51. The molecule has 0 aliphatic carbocycles. The molecule has 3 aromatic carbocycles. The SMILES string of the molecule is COc1cccc(N2C(=O)C(=O)C(=C(O)c3ccccc3)[C@H]2c2ccc([N+](=O)[O-])cc2)c1. The van der Waals surface area contributed by atoms with Crippen LogP contribution < -0.4 is 9.64 Å². The number of anilines is 1. The lowest BCUT2D eigenvalue weighted by atomic mass is 9.95. The molecular weight excluding hydrogens is 412 g/mol. The smallest absolute Gasteiger partial charge is 0.300 e. The molecule has 0 spiro atoms. The number of aliphatic hydroxyl groups is 1. The molecular formula is C24H18N2O6. The molecule has 3 aromatic rings. The van der Waals surface area contributed by atoms with E-state index in [1.165, 1.54) is 36.3 Å². The van der Waals surface area contributed by atoms with Gasteiger partial charge in [0.25, 0.3) is 17.4 Å². The van der Waals surface area contributed by atoms with Crippen molar-refractivity contribution in [2.24, 2.45) is 0 Å². The third-order valence-electron chi connectivity index (χ3n) is 5.24. The van der Waals surface area contributed by atoms with Crippen LogP contribution >= 0.6 is 0 Å². The summed E-state index contributed by atoms with van der Waals surface area (Å²) < 4.78 is 5.24. The zero-order valence-corrected chi connectivity index (χ0v) is 17.0. The standard InChI is InChI=1S/C24H18N2O6/c1-32-19-9-5-8-18(14-19)25-21(15-10-12-17(13-11-15)26(30)31)20(23(28)24(25)29)22(27)16-6-3-2-4-7-16/h2-14,21,27H,1H3/t21-/m1/s1. The molecule has 1 saturated heterocycles. The Morgan fingerprint density at radius 2 is 1.69 bits per heavy atom. The zero-order chi connectivity index (χ0) is 22.8. The molecule has 0 bridgehead atoms. The highest BCUT2D eigenvalue weighted by atomic mass is 16.6. The predicted octanol–water partition coefficient (Wildman–Crippen LogP) is 4.23. The van der Waals surface area contributed by atoms with E-state index in [4.69, 9.17) is 4.74 Å². The van der Waals surface area contributed by atoms with E-state index in [1.807, 2.05) is 0 Å². The van der Waals surface area contributed by atoms with Crippen molar-refractivity contribution in [3.05, 3.63) is 106 Å². The maximum absolute atomic E-state index is 13.1. The van der Waals surface area contributed by atoms with Gasteiger partial charge in [-0.05, 0) is 29.8 Å². The van der Waals surface area contributed by atoms with Crippen LogP contribution in [0.3, 0.4) is 0 Å². The van der Waals surface area contributed by atoms with Crippen LogP contribution in [0.25, 0.3) is 5.76 Å².